The molecule has 0 unspecified atom stereocenters. The quantitative estimate of drug-likeness (QED) is 0.893. The van der Waals surface area contributed by atoms with Gasteiger partial charge in [-0.2, -0.15) is 5.10 Å². The van der Waals surface area contributed by atoms with E-state index in [1.807, 2.05) is 18.8 Å². The van der Waals surface area contributed by atoms with Gasteiger partial charge in [0.1, 0.15) is 0 Å². The topological polar surface area (TPSA) is 33.1 Å². The summed E-state index contributed by atoms with van der Waals surface area (Å²) in [7, 11) is 4.09. The van der Waals surface area contributed by atoms with Crippen LogP contribution in [0.1, 0.15) is 18.2 Å². The highest BCUT2D eigenvalue weighted by Crippen LogP contribution is 2.16. The molecule has 102 valence electrons. The smallest absolute Gasteiger partial charge is 0.0647 e. The van der Waals surface area contributed by atoms with E-state index < -0.39 is 0 Å². The van der Waals surface area contributed by atoms with Gasteiger partial charge < -0.3 is 10.2 Å². The molecule has 0 atom stereocenters. The van der Waals surface area contributed by atoms with Crippen molar-refractivity contribution in [1.29, 1.82) is 0 Å². The number of aryl methyl sites for hydroxylation is 1. The van der Waals surface area contributed by atoms with Gasteiger partial charge in [-0.1, -0.05) is 6.92 Å². The van der Waals surface area contributed by atoms with Gasteiger partial charge in [0, 0.05) is 38.1 Å². The number of rotatable bonds is 5. The van der Waals surface area contributed by atoms with E-state index >= 15 is 0 Å². The first-order valence-corrected chi connectivity index (χ1v) is 6.65. The lowest BCUT2D eigenvalue weighted by Gasteiger charge is -2.12. The molecule has 0 saturated heterocycles. The fourth-order valence-electron chi connectivity index (χ4n) is 1.96. The van der Waals surface area contributed by atoms with E-state index in [4.69, 9.17) is 0 Å². The normalized spacial score (nSPS) is 10.7. The van der Waals surface area contributed by atoms with Gasteiger partial charge in [0.05, 0.1) is 11.4 Å². The Morgan fingerprint density at radius 2 is 1.89 bits per heavy atom. The Labute approximate surface area is 115 Å². The van der Waals surface area contributed by atoms with Gasteiger partial charge >= 0.3 is 0 Å². The highest BCUT2D eigenvalue weighted by Gasteiger charge is 2.06. The van der Waals surface area contributed by atoms with Crippen LogP contribution in [0.15, 0.2) is 30.5 Å². The van der Waals surface area contributed by atoms with Crippen molar-refractivity contribution in [2.24, 2.45) is 0 Å². The number of benzene rings is 1. The zero-order chi connectivity index (χ0) is 13.8. The molecule has 0 spiro atoms. The summed E-state index contributed by atoms with van der Waals surface area (Å²) < 4.78 is 1.95. The third-order valence-corrected chi connectivity index (χ3v) is 3.20. The average molecular weight is 258 g/mol. The standard InChI is InChI=1S/C15H22N4/c1-5-16-10-13-11-19(17-12(13)2)15-8-6-14(7-9-15)18(3)4/h6-9,11,16H,5,10H2,1-4H3. The number of hydrogen-bond acceptors (Lipinski definition) is 3. The second-order valence-electron chi connectivity index (χ2n) is 4.88. The van der Waals surface area contributed by atoms with E-state index in [1.165, 1.54) is 11.3 Å². The van der Waals surface area contributed by atoms with Gasteiger partial charge in [0.2, 0.25) is 0 Å². The molecule has 0 bridgehead atoms. The van der Waals surface area contributed by atoms with Crippen molar-refractivity contribution in [3.8, 4) is 5.69 Å². The molecular formula is C15H22N4. The van der Waals surface area contributed by atoms with Crippen LogP contribution in [0, 0.1) is 6.92 Å². The molecule has 0 aliphatic carbocycles. The highest BCUT2D eigenvalue weighted by atomic mass is 15.3. The van der Waals surface area contributed by atoms with Gasteiger partial charge in [0.15, 0.2) is 0 Å². The molecule has 0 fully saturated rings. The summed E-state index contributed by atoms with van der Waals surface area (Å²) in [5.74, 6) is 0. The molecule has 0 radical (unpaired) electrons. The SMILES string of the molecule is CCNCc1cn(-c2ccc(N(C)C)cc2)nc1C. The summed E-state index contributed by atoms with van der Waals surface area (Å²) in [6.45, 7) is 6.01. The van der Waals surface area contributed by atoms with E-state index in [-0.39, 0.29) is 0 Å². The molecule has 0 amide bonds. The van der Waals surface area contributed by atoms with Crippen LogP contribution >= 0.6 is 0 Å². The van der Waals surface area contributed by atoms with Crippen molar-refractivity contribution in [3.63, 3.8) is 0 Å². The van der Waals surface area contributed by atoms with Gasteiger partial charge in [-0.25, -0.2) is 4.68 Å². The first-order valence-electron chi connectivity index (χ1n) is 6.65. The van der Waals surface area contributed by atoms with Crippen LogP contribution in [0.4, 0.5) is 5.69 Å². The van der Waals surface area contributed by atoms with Crippen LogP contribution < -0.4 is 10.2 Å². The Hall–Kier alpha value is -1.81. The minimum absolute atomic E-state index is 0.873. The zero-order valence-electron chi connectivity index (χ0n) is 12.1. The Morgan fingerprint density at radius 3 is 2.47 bits per heavy atom. The third kappa shape index (κ3) is 3.15. The van der Waals surface area contributed by atoms with Crippen LogP contribution in [0.3, 0.4) is 0 Å². The van der Waals surface area contributed by atoms with Gasteiger partial charge in [0.25, 0.3) is 0 Å². The molecule has 1 aromatic heterocycles. The van der Waals surface area contributed by atoms with Crippen molar-refractivity contribution >= 4 is 5.69 Å². The second kappa shape index (κ2) is 5.89. The molecule has 0 aliphatic rings. The number of anilines is 1. The summed E-state index contributed by atoms with van der Waals surface area (Å²) in [5.41, 5.74) is 4.62. The van der Waals surface area contributed by atoms with E-state index in [0.717, 1.165) is 24.5 Å². The monoisotopic (exact) mass is 258 g/mol. The fraction of sp³-hybridized carbons (Fsp3) is 0.400. The lowest BCUT2D eigenvalue weighted by Crippen LogP contribution is -2.11. The third-order valence-electron chi connectivity index (χ3n) is 3.20. The van der Waals surface area contributed by atoms with Crippen molar-refractivity contribution in [2.75, 3.05) is 25.5 Å². The molecule has 0 saturated carbocycles. The number of hydrogen-bond donors (Lipinski definition) is 1. The lowest BCUT2D eigenvalue weighted by atomic mass is 10.2. The van der Waals surface area contributed by atoms with Gasteiger partial charge in [-0.3, -0.25) is 0 Å². The Bertz CT molecular complexity index is 526. The second-order valence-corrected chi connectivity index (χ2v) is 4.88. The van der Waals surface area contributed by atoms with E-state index in [1.54, 1.807) is 0 Å². The minimum Gasteiger partial charge on any atom is -0.378 e. The summed E-state index contributed by atoms with van der Waals surface area (Å²) in [4.78, 5) is 2.09. The average Bonchev–Trinajstić information content (AvgIpc) is 2.78. The molecule has 2 aromatic rings. The number of aromatic nitrogens is 2. The predicted molar refractivity (Wildman–Crippen MR) is 80.0 cm³/mol. The Morgan fingerprint density at radius 1 is 1.21 bits per heavy atom. The van der Waals surface area contributed by atoms with Gasteiger partial charge in [-0.15, -0.1) is 0 Å². The minimum atomic E-state index is 0.873. The predicted octanol–water partition coefficient (Wildman–Crippen LogP) is 2.36. The van der Waals surface area contributed by atoms with Crippen LogP contribution in [0.25, 0.3) is 5.69 Å². The van der Waals surface area contributed by atoms with E-state index in [2.05, 4.69) is 59.6 Å². The summed E-state index contributed by atoms with van der Waals surface area (Å²) in [6.07, 6.45) is 2.10. The van der Waals surface area contributed by atoms with Crippen LogP contribution in [-0.4, -0.2) is 30.4 Å². The molecular weight excluding hydrogens is 236 g/mol. The fourth-order valence-corrected chi connectivity index (χ4v) is 1.96. The van der Waals surface area contributed by atoms with Gasteiger partial charge in [-0.05, 0) is 37.7 Å². The number of nitrogens with zero attached hydrogens (tertiary/aromatic N) is 3. The molecule has 0 aliphatic heterocycles. The summed E-state index contributed by atoms with van der Waals surface area (Å²) in [6, 6.07) is 8.41. The molecule has 19 heavy (non-hydrogen) atoms. The summed E-state index contributed by atoms with van der Waals surface area (Å²) >= 11 is 0. The van der Waals surface area contributed by atoms with Crippen molar-refractivity contribution in [1.82, 2.24) is 15.1 Å². The molecule has 4 heteroatoms. The van der Waals surface area contributed by atoms with Crippen molar-refractivity contribution in [3.05, 3.63) is 41.7 Å². The van der Waals surface area contributed by atoms with E-state index in [0.29, 0.717) is 0 Å². The van der Waals surface area contributed by atoms with E-state index in [9.17, 15) is 0 Å². The first kappa shape index (κ1) is 13.6. The molecule has 2 rings (SSSR count). The van der Waals surface area contributed by atoms with Crippen molar-refractivity contribution < 1.29 is 0 Å². The van der Waals surface area contributed by atoms with Crippen molar-refractivity contribution in [2.45, 2.75) is 20.4 Å². The maximum atomic E-state index is 4.57. The molecule has 4 nitrogen and oxygen atoms in total. The maximum absolute atomic E-state index is 4.57. The largest absolute Gasteiger partial charge is 0.378 e. The van der Waals surface area contributed by atoms with Crippen LogP contribution in [0.2, 0.25) is 0 Å². The zero-order valence-corrected chi connectivity index (χ0v) is 12.1. The van der Waals surface area contributed by atoms with Crippen LogP contribution in [-0.2, 0) is 6.54 Å². The Balaban J connectivity index is 2.21. The highest BCUT2D eigenvalue weighted by molar-refractivity contribution is 5.49. The number of nitrogens with one attached hydrogen (secondary N) is 1. The Kier molecular flexibility index (Phi) is 4.22. The maximum Gasteiger partial charge on any atom is 0.0647 e. The molecule has 1 heterocycles. The summed E-state index contributed by atoms with van der Waals surface area (Å²) in [5, 5.41) is 7.91. The first-order chi connectivity index (χ1) is 9.11. The van der Waals surface area contributed by atoms with Crippen LogP contribution in [0.5, 0.6) is 0 Å². The molecule has 1 aromatic carbocycles. The lowest BCUT2D eigenvalue weighted by molar-refractivity contribution is 0.723. The molecule has 1 N–H and O–H groups in total.